The van der Waals surface area contributed by atoms with E-state index in [9.17, 15) is 9.59 Å². The van der Waals surface area contributed by atoms with E-state index in [1.165, 1.54) is 13.2 Å². The Bertz CT molecular complexity index is 1080. The maximum atomic E-state index is 12.5. The van der Waals surface area contributed by atoms with Crippen molar-refractivity contribution in [2.45, 2.75) is 37.8 Å². The molecule has 0 saturated heterocycles. The van der Waals surface area contributed by atoms with Gasteiger partial charge in [0.1, 0.15) is 6.10 Å². The number of methoxy groups -OCH3 is 1. The van der Waals surface area contributed by atoms with Crippen molar-refractivity contribution >= 4 is 28.8 Å². The van der Waals surface area contributed by atoms with Crippen LogP contribution in [0.5, 0.6) is 0 Å². The molecule has 1 aliphatic carbocycles. The molecule has 1 aliphatic rings. The van der Waals surface area contributed by atoms with Gasteiger partial charge >= 0.3 is 11.9 Å². The monoisotopic (exact) mass is 405 g/mol. The van der Waals surface area contributed by atoms with E-state index < -0.39 is 11.9 Å². The summed E-state index contributed by atoms with van der Waals surface area (Å²) in [5, 5.41) is 10.1. The molecule has 30 heavy (non-hydrogen) atoms. The molecule has 0 bridgehead atoms. The number of fused-ring (bicyclic) bond motifs is 1. The summed E-state index contributed by atoms with van der Waals surface area (Å²) >= 11 is 0. The van der Waals surface area contributed by atoms with Gasteiger partial charge in [-0.05, 0) is 41.7 Å². The van der Waals surface area contributed by atoms with Crippen molar-refractivity contribution in [1.82, 2.24) is 15.0 Å². The van der Waals surface area contributed by atoms with Gasteiger partial charge < -0.3 is 9.47 Å². The van der Waals surface area contributed by atoms with E-state index in [2.05, 4.69) is 15.0 Å². The smallest absolute Gasteiger partial charge is 0.360 e. The van der Waals surface area contributed by atoms with E-state index in [4.69, 9.17) is 4.74 Å². The second-order valence-electron chi connectivity index (χ2n) is 7.30. The average molecular weight is 405 g/mol. The van der Waals surface area contributed by atoms with Crippen molar-refractivity contribution in [3.63, 3.8) is 0 Å². The van der Waals surface area contributed by atoms with Crippen LogP contribution in [-0.2, 0) is 14.3 Å². The van der Waals surface area contributed by atoms with Gasteiger partial charge in [0, 0.05) is 6.08 Å². The SMILES string of the molecule is COC(=O)c1cn(C2CCCCC2OC(=O)C=Cc2cccc3ccccc23)nn1. The molecule has 2 aromatic carbocycles. The zero-order valence-corrected chi connectivity index (χ0v) is 16.7. The van der Waals surface area contributed by atoms with Gasteiger partial charge in [-0.25, -0.2) is 14.3 Å². The highest BCUT2D eigenvalue weighted by Gasteiger charge is 2.31. The van der Waals surface area contributed by atoms with Gasteiger partial charge in [0.05, 0.1) is 19.3 Å². The Hall–Kier alpha value is -3.48. The van der Waals surface area contributed by atoms with Crippen molar-refractivity contribution in [3.05, 3.63) is 66.0 Å². The lowest BCUT2D eigenvalue weighted by atomic mass is 9.92. The lowest BCUT2D eigenvalue weighted by Gasteiger charge is -2.30. The van der Waals surface area contributed by atoms with E-state index >= 15 is 0 Å². The van der Waals surface area contributed by atoms with Crippen LogP contribution in [0.1, 0.15) is 47.8 Å². The first kappa shape index (κ1) is 19.8. The standard InChI is InChI=1S/C23H23N3O4/c1-29-23(28)19-15-26(25-24-19)20-11-4-5-12-21(20)30-22(27)14-13-17-9-6-8-16-7-2-3-10-18(16)17/h2-3,6-10,13-15,20-21H,4-5,11-12H2,1H3. The van der Waals surface area contributed by atoms with Crippen molar-refractivity contribution in [3.8, 4) is 0 Å². The summed E-state index contributed by atoms with van der Waals surface area (Å²) in [6.07, 6.45) is 7.99. The van der Waals surface area contributed by atoms with E-state index in [-0.39, 0.29) is 17.8 Å². The second-order valence-corrected chi connectivity index (χ2v) is 7.30. The van der Waals surface area contributed by atoms with Crippen molar-refractivity contribution in [1.29, 1.82) is 0 Å². The maximum Gasteiger partial charge on any atom is 0.360 e. The van der Waals surface area contributed by atoms with E-state index in [0.29, 0.717) is 0 Å². The topological polar surface area (TPSA) is 83.3 Å². The van der Waals surface area contributed by atoms with Crippen LogP contribution < -0.4 is 0 Å². The molecule has 0 amide bonds. The number of hydrogen-bond acceptors (Lipinski definition) is 6. The Morgan fingerprint density at radius 2 is 1.90 bits per heavy atom. The van der Waals surface area contributed by atoms with Crippen LogP contribution >= 0.6 is 0 Å². The van der Waals surface area contributed by atoms with Crippen molar-refractivity contribution < 1.29 is 19.1 Å². The third kappa shape index (κ3) is 4.25. The molecule has 2 atom stereocenters. The predicted octanol–water partition coefficient (Wildman–Crippen LogP) is 3.96. The zero-order valence-electron chi connectivity index (χ0n) is 16.7. The molecule has 154 valence electrons. The minimum Gasteiger partial charge on any atom is -0.464 e. The summed E-state index contributed by atoms with van der Waals surface area (Å²) in [5.41, 5.74) is 1.10. The molecule has 7 heteroatoms. The molecule has 1 saturated carbocycles. The molecule has 0 spiro atoms. The predicted molar refractivity (Wildman–Crippen MR) is 112 cm³/mol. The van der Waals surface area contributed by atoms with E-state index in [1.54, 1.807) is 17.0 Å². The Morgan fingerprint density at radius 3 is 2.77 bits per heavy atom. The summed E-state index contributed by atoms with van der Waals surface area (Å²) in [4.78, 5) is 24.2. The maximum absolute atomic E-state index is 12.5. The average Bonchev–Trinajstić information content (AvgIpc) is 3.27. The highest BCUT2D eigenvalue weighted by atomic mass is 16.5. The largest absolute Gasteiger partial charge is 0.464 e. The highest BCUT2D eigenvalue weighted by molar-refractivity contribution is 5.94. The molecule has 2 unspecified atom stereocenters. The number of aromatic nitrogens is 3. The fourth-order valence-electron chi connectivity index (χ4n) is 3.90. The number of rotatable bonds is 5. The Balaban J connectivity index is 1.47. The Labute approximate surface area is 174 Å². The minimum absolute atomic E-state index is 0.143. The summed E-state index contributed by atoms with van der Waals surface area (Å²) in [5.74, 6) is -0.934. The fraction of sp³-hybridized carbons (Fsp3) is 0.304. The first-order chi connectivity index (χ1) is 14.7. The van der Waals surface area contributed by atoms with Crippen LogP contribution in [0.4, 0.5) is 0 Å². The normalized spacial score (nSPS) is 19.1. The minimum atomic E-state index is -0.538. The van der Waals surface area contributed by atoms with Gasteiger partial charge in [-0.1, -0.05) is 54.1 Å². The van der Waals surface area contributed by atoms with Gasteiger partial charge in [-0.3, -0.25) is 0 Å². The van der Waals surface area contributed by atoms with Gasteiger partial charge in [-0.15, -0.1) is 5.10 Å². The zero-order chi connectivity index (χ0) is 20.9. The molecule has 0 N–H and O–H groups in total. The fourth-order valence-corrected chi connectivity index (χ4v) is 3.90. The second kappa shape index (κ2) is 8.90. The van der Waals surface area contributed by atoms with Gasteiger partial charge in [-0.2, -0.15) is 0 Å². The first-order valence-corrected chi connectivity index (χ1v) is 10.0. The van der Waals surface area contributed by atoms with Crippen LogP contribution in [0.2, 0.25) is 0 Å². The first-order valence-electron chi connectivity index (χ1n) is 10.0. The summed E-state index contributed by atoms with van der Waals surface area (Å²) in [7, 11) is 1.30. The number of carbonyl (C=O) groups is 2. The molecule has 4 rings (SSSR count). The molecular formula is C23H23N3O4. The molecule has 1 fully saturated rings. The van der Waals surface area contributed by atoms with Crippen LogP contribution in [0.15, 0.2) is 54.7 Å². The van der Waals surface area contributed by atoms with Gasteiger partial charge in [0.15, 0.2) is 5.69 Å². The molecule has 0 aliphatic heterocycles. The highest BCUT2D eigenvalue weighted by Crippen LogP contribution is 2.31. The molecule has 0 radical (unpaired) electrons. The van der Waals surface area contributed by atoms with Crippen LogP contribution in [-0.4, -0.2) is 40.1 Å². The van der Waals surface area contributed by atoms with Crippen LogP contribution in [0.3, 0.4) is 0 Å². The Morgan fingerprint density at radius 1 is 1.10 bits per heavy atom. The number of hydrogen-bond donors (Lipinski definition) is 0. The number of benzene rings is 2. The molecule has 1 heterocycles. The summed E-state index contributed by atoms with van der Waals surface area (Å²) in [6, 6.07) is 13.9. The summed E-state index contributed by atoms with van der Waals surface area (Å²) < 4.78 is 12.1. The quantitative estimate of drug-likeness (QED) is 0.472. The number of carbonyl (C=O) groups excluding carboxylic acids is 2. The lowest BCUT2D eigenvalue weighted by molar-refractivity contribution is -0.147. The third-order valence-corrected chi connectivity index (χ3v) is 5.40. The molecule has 3 aromatic rings. The molecule has 7 nitrogen and oxygen atoms in total. The molecule has 1 aromatic heterocycles. The van der Waals surface area contributed by atoms with Gasteiger partial charge in [0.2, 0.25) is 0 Å². The molecular weight excluding hydrogens is 382 g/mol. The van der Waals surface area contributed by atoms with Crippen LogP contribution in [0, 0.1) is 0 Å². The summed E-state index contributed by atoms with van der Waals surface area (Å²) in [6.45, 7) is 0. The van der Waals surface area contributed by atoms with Gasteiger partial charge in [0.25, 0.3) is 0 Å². The number of esters is 2. The van der Waals surface area contributed by atoms with E-state index in [1.807, 2.05) is 42.5 Å². The van der Waals surface area contributed by atoms with Crippen LogP contribution in [0.25, 0.3) is 16.8 Å². The third-order valence-electron chi connectivity index (χ3n) is 5.40. The lowest BCUT2D eigenvalue weighted by Crippen LogP contribution is -2.32. The number of ether oxygens (including phenoxy) is 2. The van der Waals surface area contributed by atoms with Crippen molar-refractivity contribution in [2.24, 2.45) is 0 Å². The van der Waals surface area contributed by atoms with Crippen molar-refractivity contribution in [2.75, 3.05) is 7.11 Å². The Kier molecular flexibility index (Phi) is 5.88. The van der Waals surface area contributed by atoms with E-state index in [0.717, 1.165) is 42.0 Å². The number of nitrogens with zero attached hydrogens (tertiary/aromatic N) is 3.